The Morgan fingerprint density at radius 2 is 2.20 bits per heavy atom. The number of nitrogens with two attached hydrogens (primary N) is 1. The number of anilines is 1. The molecule has 0 spiro atoms. The van der Waals surface area contributed by atoms with Crippen molar-refractivity contribution >= 4 is 23.1 Å². The Morgan fingerprint density at radius 1 is 1.53 bits per heavy atom. The van der Waals surface area contributed by atoms with Crippen molar-refractivity contribution in [2.24, 2.45) is 0 Å². The first-order valence-electron chi connectivity index (χ1n) is 4.65. The predicted octanol–water partition coefficient (Wildman–Crippen LogP) is 2.82. The number of nitrogen functional groups attached to an aromatic ring is 1. The molecular weight excluding hydrogens is 212 g/mol. The molecule has 0 unspecified atom stereocenters. The van der Waals surface area contributed by atoms with E-state index in [1.807, 2.05) is 0 Å². The van der Waals surface area contributed by atoms with Crippen LogP contribution in [0.3, 0.4) is 0 Å². The zero-order valence-corrected chi connectivity index (χ0v) is 9.58. The summed E-state index contributed by atoms with van der Waals surface area (Å²) in [6.45, 7) is 4.16. The number of hydrogen-bond donors (Lipinski definition) is 1. The third-order valence-corrected chi connectivity index (χ3v) is 3.05. The highest BCUT2D eigenvalue weighted by Crippen LogP contribution is 2.25. The molecular formula is C10H14N2O2S. The standard InChI is InChI=1S/C10H14N2O2S/c1-7(2)15-6-8-5-9(12(13)14)3-4-10(8)11/h3-5,7H,6,11H2,1-2H3. The van der Waals surface area contributed by atoms with Gasteiger partial charge in [-0.2, -0.15) is 11.8 Å². The maximum atomic E-state index is 10.6. The van der Waals surface area contributed by atoms with Crippen LogP contribution in [0.4, 0.5) is 11.4 Å². The van der Waals surface area contributed by atoms with Crippen LogP contribution in [-0.4, -0.2) is 10.2 Å². The van der Waals surface area contributed by atoms with E-state index in [-0.39, 0.29) is 5.69 Å². The summed E-state index contributed by atoms with van der Waals surface area (Å²) in [7, 11) is 0. The van der Waals surface area contributed by atoms with Crippen LogP contribution in [0, 0.1) is 10.1 Å². The quantitative estimate of drug-likeness (QED) is 0.487. The lowest BCUT2D eigenvalue weighted by atomic mass is 10.2. The van der Waals surface area contributed by atoms with Crippen molar-refractivity contribution in [2.75, 3.05) is 5.73 Å². The third kappa shape index (κ3) is 3.43. The fourth-order valence-corrected chi connectivity index (χ4v) is 1.85. The van der Waals surface area contributed by atoms with Crippen molar-refractivity contribution in [3.05, 3.63) is 33.9 Å². The van der Waals surface area contributed by atoms with Gasteiger partial charge in [-0.25, -0.2) is 0 Å². The first-order valence-corrected chi connectivity index (χ1v) is 5.70. The Balaban J connectivity index is 2.85. The van der Waals surface area contributed by atoms with Gasteiger partial charge in [0.1, 0.15) is 0 Å². The van der Waals surface area contributed by atoms with Crippen molar-refractivity contribution < 1.29 is 4.92 Å². The van der Waals surface area contributed by atoms with Gasteiger partial charge in [-0.3, -0.25) is 10.1 Å². The molecule has 0 radical (unpaired) electrons. The maximum absolute atomic E-state index is 10.6. The molecule has 0 bridgehead atoms. The molecule has 1 aromatic carbocycles. The average molecular weight is 226 g/mol. The summed E-state index contributed by atoms with van der Waals surface area (Å²) >= 11 is 1.72. The summed E-state index contributed by atoms with van der Waals surface area (Å²) < 4.78 is 0. The molecule has 0 aliphatic rings. The van der Waals surface area contributed by atoms with Gasteiger partial charge in [0.05, 0.1) is 4.92 Å². The number of thioether (sulfide) groups is 1. The van der Waals surface area contributed by atoms with Gasteiger partial charge in [0.25, 0.3) is 5.69 Å². The molecule has 0 saturated carbocycles. The van der Waals surface area contributed by atoms with Crippen molar-refractivity contribution in [2.45, 2.75) is 24.9 Å². The Labute approximate surface area is 93.0 Å². The molecule has 0 aliphatic carbocycles. The minimum atomic E-state index is -0.400. The Kier molecular flexibility index (Phi) is 3.96. The first kappa shape index (κ1) is 11.8. The third-order valence-electron chi connectivity index (χ3n) is 1.91. The number of nitro groups is 1. The Bertz CT molecular complexity index is 366. The highest BCUT2D eigenvalue weighted by atomic mass is 32.2. The molecule has 15 heavy (non-hydrogen) atoms. The highest BCUT2D eigenvalue weighted by molar-refractivity contribution is 7.99. The molecule has 5 heteroatoms. The molecule has 1 rings (SSSR count). The summed E-state index contributed by atoms with van der Waals surface area (Å²) in [4.78, 5) is 10.2. The van der Waals surface area contributed by atoms with Crippen LogP contribution >= 0.6 is 11.8 Å². The predicted molar refractivity (Wildman–Crippen MR) is 63.9 cm³/mol. The molecule has 0 amide bonds. The number of nitro benzene ring substituents is 1. The highest BCUT2D eigenvalue weighted by Gasteiger charge is 2.09. The van der Waals surface area contributed by atoms with Gasteiger partial charge in [-0.05, 0) is 16.9 Å². The summed E-state index contributed by atoms with van der Waals surface area (Å²) in [5.41, 5.74) is 7.30. The van der Waals surface area contributed by atoms with E-state index in [0.29, 0.717) is 16.7 Å². The van der Waals surface area contributed by atoms with E-state index in [1.54, 1.807) is 23.9 Å². The number of rotatable bonds is 4. The van der Waals surface area contributed by atoms with Gasteiger partial charge in [-0.15, -0.1) is 0 Å². The van der Waals surface area contributed by atoms with Gasteiger partial charge >= 0.3 is 0 Å². The average Bonchev–Trinajstić information content (AvgIpc) is 2.16. The van der Waals surface area contributed by atoms with Crippen molar-refractivity contribution in [1.82, 2.24) is 0 Å². The lowest BCUT2D eigenvalue weighted by Gasteiger charge is -2.07. The van der Waals surface area contributed by atoms with E-state index < -0.39 is 4.92 Å². The van der Waals surface area contributed by atoms with Gasteiger partial charge < -0.3 is 5.73 Å². The lowest BCUT2D eigenvalue weighted by Crippen LogP contribution is -1.97. The van der Waals surface area contributed by atoms with Crippen LogP contribution in [0.5, 0.6) is 0 Å². The fourth-order valence-electron chi connectivity index (χ4n) is 1.09. The van der Waals surface area contributed by atoms with Crippen LogP contribution in [0.2, 0.25) is 0 Å². The first-order chi connectivity index (χ1) is 7.00. The van der Waals surface area contributed by atoms with Crippen LogP contribution < -0.4 is 5.73 Å². The lowest BCUT2D eigenvalue weighted by molar-refractivity contribution is -0.384. The fraction of sp³-hybridized carbons (Fsp3) is 0.400. The molecule has 1 aromatic rings. The maximum Gasteiger partial charge on any atom is 0.269 e. The molecule has 0 aliphatic heterocycles. The summed E-state index contributed by atoms with van der Waals surface area (Å²) in [6.07, 6.45) is 0. The van der Waals surface area contributed by atoms with Crippen LogP contribution in [-0.2, 0) is 5.75 Å². The molecule has 2 N–H and O–H groups in total. The molecule has 0 heterocycles. The van der Waals surface area contributed by atoms with E-state index in [0.717, 1.165) is 5.56 Å². The van der Waals surface area contributed by atoms with E-state index >= 15 is 0 Å². The molecule has 0 saturated heterocycles. The summed E-state index contributed by atoms with van der Waals surface area (Å²) in [5, 5.41) is 11.1. The number of nitrogens with zero attached hydrogens (tertiary/aromatic N) is 1. The van der Waals surface area contributed by atoms with Crippen molar-refractivity contribution in [1.29, 1.82) is 0 Å². The van der Waals surface area contributed by atoms with Crippen LogP contribution in [0.1, 0.15) is 19.4 Å². The largest absolute Gasteiger partial charge is 0.398 e. The minimum absolute atomic E-state index is 0.101. The second kappa shape index (κ2) is 5.02. The van der Waals surface area contributed by atoms with E-state index in [9.17, 15) is 10.1 Å². The Morgan fingerprint density at radius 3 is 2.73 bits per heavy atom. The summed E-state index contributed by atoms with van der Waals surface area (Å²) in [5.74, 6) is 0.713. The second-order valence-corrected chi connectivity index (χ2v) is 5.06. The normalized spacial score (nSPS) is 10.6. The van der Waals surface area contributed by atoms with E-state index in [2.05, 4.69) is 13.8 Å². The number of non-ortho nitro benzene ring substituents is 1. The van der Waals surface area contributed by atoms with E-state index in [4.69, 9.17) is 5.73 Å². The van der Waals surface area contributed by atoms with Gasteiger partial charge in [0, 0.05) is 23.6 Å². The Hall–Kier alpha value is -1.23. The SMILES string of the molecule is CC(C)SCc1cc([N+](=O)[O-])ccc1N. The van der Waals surface area contributed by atoms with Gasteiger partial charge in [0.15, 0.2) is 0 Å². The van der Waals surface area contributed by atoms with Gasteiger partial charge in [0.2, 0.25) is 0 Å². The number of hydrogen-bond acceptors (Lipinski definition) is 4. The topological polar surface area (TPSA) is 69.2 Å². The number of benzene rings is 1. The van der Waals surface area contributed by atoms with Gasteiger partial charge in [-0.1, -0.05) is 13.8 Å². The molecule has 0 fully saturated rings. The van der Waals surface area contributed by atoms with Crippen LogP contribution in [0.25, 0.3) is 0 Å². The molecule has 82 valence electrons. The summed E-state index contributed by atoms with van der Waals surface area (Å²) in [6, 6.07) is 4.57. The molecule has 0 aromatic heterocycles. The monoisotopic (exact) mass is 226 g/mol. The van der Waals surface area contributed by atoms with E-state index in [1.165, 1.54) is 6.07 Å². The smallest absolute Gasteiger partial charge is 0.269 e. The van der Waals surface area contributed by atoms with Crippen molar-refractivity contribution in [3.63, 3.8) is 0 Å². The zero-order chi connectivity index (χ0) is 11.4. The zero-order valence-electron chi connectivity index (χ0n) is 8.77. The van der Waals surface area contributed by atoms with Crippen molar-refractivity contribution in [3.8, 4) is 0 Å². The minimum Gasteiger partial charge on any atom is -0.398 e. The molecule has 0 atom stereocenters. The molecule has 4 nitrogen and oxygen atoms in total. The second-order valence-electron chi connectivity index (χ2n) is 3.50. The van der Waals surface area contributed by atoms with Crippen LogP contribution in [0.15, 0.2) is 18.2 Å².